The fraction of sp³-hybridized carbons (Fsp3) is 0.385. The van der Waals surface area contributed by atoms with E-state index in [1.165, 1.54) is 0 Å². The Bertz CT molecular complexity index is 1470. The highest BCUT2D eigenvalue weighted by Crippen LogP contribution is 2.41. The molecule has 2 aliphatic heterocycles. The highest BCUT2D eigenvalue weighted by molar-refractivity contribution is 9.10. The first-order valence-electron chi connectivity index (χ1n) is 11.5. The molecule has 0 amide bonds. The molecular weight excluding hydrogens is 550 g/mol. The van der Waals surface area contributed by atoms with Crippen molar-refractivity contribution in [1.82, 2.24) is 9.55 Å². The van der Waals surface area contributed by atoms with Gasteiger partial charge in [-0.05, 0) is 42.6 Å². The zero-order chi connectivity index (χ0) is 25.1. The van der Waals surface area contributed by atoms with Gasteiger partial charge in [-0.15, -0.1) is 12.4 Å². The second-order valence-corrected chi connectivity index (χ2v) is 10.7. The van der Waals surface area contributed by atoms with Crippen molar-refractivity contribution in [3.05, 3.63) is 61.8 Å². The van der Waals surface area contributed by atoms with Crippen LogP contribution in [0, 0.1) is 5.41 Å². The molecule has 0 bridgehead atoms. The van der Waals surface area contributed by atoms with Gasteiger partial charge in [0.15, 0.2) is 0 Å². The lowest BCUT2D eigenvalue weighted by atomic mass is 9.85. The van der Waals surface area contributed by atoms with Gasteiger partial charge >= 0.3 is 11.9 Å². The zero-order valence-electron chi connectivity index (χ0n) is 20.2. The number of carbonyl (C=O) groups excluding carboxylic acids is 2. The third-order valence-corrected chi connectivity index (χ3v) is 7.62. The minimum absolute atomic E-state index is 0. The first-order valence-corrected chi connectivity index (χ1v) is 12.3. The Kier molecular flexibility index (Phi) is 6.79. The number of nitrogens with two attached hydrogens (primary N) is 1. The predicted octanol–water partition coefficient (Wildman–Crippen LogP) is 4.19. The van der Waals surface area contributed by atoms with Crippen LogP contribution in [0.3, 0.4) is 0 Å². The summed E-state index contributed by atoms with van der Waals surface area (Å²) in [6, 6.07) is 9.55. The van der Waals surface area contributed by atoms with Crippen LogP contribution < -0.4 is 11.3 Å². The lowest BCUT2D eigenvalue weighted by Gasteiger charge is -2.36. The quantitative estimate of drug-likeness (QED) is 0.355. The van der Waals surface area contributed by atoms with Gasteiger partial charge < -0.3 is 19.8 Å². The normalized spacial score (nSPS) is 18.1. The van der Waals surface area contributed by atoms with Crippen molar-refractivity contribution in [3.8, 4) is 11.4 Å². The molecule has 0 radical (unpaired) electrons. The van der Waals surface area contributed by atoms with Crippen LogP contribution in [0.5, 0.6) is 0 Å². The molecule has 10 heteroatoms. The largest absolute Gasteiger partial charge is 0.457 e. The van der Waals surface area contributed by atoms with Crippen molar-refractivity contribution in [2.75, 3.05) is 6.54 Å². The molecule has 0 aliphatic carbocycles. The molecular formula is C26H27BrClN3O5. The molecule has 1 atom stereocenters. The van der Waals surface area contributed by atoms with E-state index in [0.29, 0.717) is 29.1 Å². The van der Waals surface area contributed by atoms with Crippen molar-refractivity contribution in [3.63, 3.8) is 0 Å². The van der Waals surface area contributed by atoms with Crippen LogP contribution >= 0.6 is 28.3 Å². The van der Waals surface area contributed by atoms with Crippen molar-refractivity contribution >= 4 is 51.2 Å². The molecule has 4 heterocycles. The molecule has 0 spiro atoms. The van der Waals surface area contributed by atoms with Gasteiger partial charge in [0.05, 0.1) is 35.4 Å². The first kappa shape index (κ1) is 26.3. The molecule has 3 aromatic rings. The Hall–Kier alpha value is -2.75. The number of carbonyl (C=O) groups is 2. The maximum absolute atomic E-state index is 13.6. The molecule has 1 aromatic carbocycles. The molecule has 0 fully saturated rings. The van der Waals surface area contributed by atoms with Crippen LogP contribution in [0.25, 0.3) is 22.3 Å². The summed E-state index contributed by atoms with van der Waals surface area (Å²) in [6.07, 6.45) is 0.157. The lowest BCUT2D eigenvalue weighted by Crippen LogP contribution is -2.48. The molecule has 8 nitrogen and oxygen atoms in total. The van der Waals surface area contributed by atoms with E-state index in [4.69, 9.17) is 20.2 Å². The van der Waals surface area contributed by atoms with Crippen molar-refractivity contribution in [2.24, 2.45) is 11.1 Å². The molecule has 0 saturated heterocycles. The summed E-state index contributed by atoms with van der Waals surface area (Å²) in [5, 5.41) is 0.953. The highest BCUT2D eigenvalue weighted by atomic mass is 79.9. The zero-order valence-corrected chi connectivity index (χ0v) is 22.6. The smallest absolute Gasteiger partial charge is 0.355 e. The molecule has 5 rings (SSSR count). The third-order valence-electron chi connectivity index (χ3n) is 6.93. The Morgan fingerprint density at radius 1 is 1.31 bits per heavy atom. The van der Waals surface area contributed by atoms with Gasteiger partial charge in [-0.1, -0.05) is 42.8 Å². The number of hydrogen-bond donors (Lipinski definition) is 1. The average molecular weight is 577 g/mol. The molecule has 2 aliphatic rings. The van der Waals surface area contributed by atoms with Gasteiger partial charge in [-0.2, -0.15) is 0 Å². The van der Waals surface area contributed by atoms with Crippen LogP contribution in [0.4, 0.5) is 0 Å². The number of aromatic nitrogens is 2. The van der Waals surface area contributed by atoms with Gasteiger partial charge in [0.1, 0.15) is 6.61 Å². The average Bonchev–Trinajstić information content (AvgIpc) is 3.18. The Balaban J connectivity index is 0.00000304. The van der Waals surface area contributed by atoms with E-state index in [-0.39, 0.29) is 44.0 Å². The van der Waals surface area contributed by atoms with E-state index in [1.54, 1.807) is 17.6 Å². The summed E-state index contributed by atoms with van der Waals surface area (Å²) in [6.45, 7) is 5.91. The SMILES string of the molecule is CC[C@@]1(OC(=O)CC(C)(C)CN)C(=O)OCc2c1cc1n(c2=O)Cc2cc3c(Br)cccc3nc2-1.Cl. The Morgan fingerprint density at radius 2 is 2.06 bits per heavy atom. The van der Waals surface area contributed by atoms with Gasteiger partial charge in [-0.3, -0.25) is 9.59 Å². The maximum Gasteiger partial charge on any atom is 0.355 e. The molecule has 2 aromatic heterocycles. The number of halogens is 2. The number of nitrogens with zero attached hydrogens (tertiary/aromatic N) is 2. The molecule has 36 heavy (non-hydrogen) atoms. The second kappa shape index (κ2) is 9.28. The number of rotatable bonds is 5. The predicted molar refractivity (Wildman–Crippen MR) is 141 cm³/mol. The molecule has 190 valence electrons. The van der Waals surface area contributed by atoms with Gasteiger partial charge in [0.2, 0.25) is 5.60 Å². The van der Waals surface area contributed by atoms with Gasteiger partial charge in [-0.25, -0.2) is 9.78 Å². The number of ether oxygens (including phenoxy) is 2. The van der Waals surface area contributed by atoms with Crippen molar-refractivity contribution in [2.45, 2.75) is 52.4 Å². The number of hydrogen-bond acceptors (Lipinski definition) is 7. The summed E-state index contributed by atoms with van der Waals surface area (Å²) in [7, 11) is 0. The first-order chi connectivity index (χ1) is 16.6. The standard InChI is InChI=1S/C26H26BrN3O5.ClH/c1-4-26(35-21(31)10-25(2,3)13-28)17-9-20-22-14(8-15-18(27)6-5-7-19(15)29-22)11-30(20)23(32)16(17)12-34-24(26)33;/h5-9H,4,10-13,28H2,1-3H3;1H/t26-;/m0./s1. The fourth-order valence-corrected chi connectivity index (χ4v) is 5.29. The van der Waals surface area contributed by atoms with Crippen LogP contribution in [0.1, 0.15) is 50.3 Å². The second-order valence-electron chi connectivity index (χ2n) is 9.89. The lowest BCUT2D eigenvalue weighted by molar-refractivity contribution is -0.190. The number of cyclic esters (lactones) is 1. The number of fused-ring (bicyclic) bond motifs is 5. The van der Waals surface area contributed by atoms with Crippen LogP contribution in [0.2, 0.25) is 0 Å². The monoisotopic (exact) mass is 575 g/mol. The summed E-state index contributed by atoms with van der Waals surface area (Å²) >= 11 is 3.57. The Morgan fingerprint density at radius 3 is 2.75 bits per heavy atom. The van der Waals surface area contributed by atoms with Gasteiger partial charge in [0, 0.05) is 21.0 Å². The van der Waals surface area contributed by atoms with Gasteiger partial charge in [0.25, 0.3) is 5.56 Å². The maximum atomic E-state index is 13.6. The van der Waals surface area contributed by atoms with Crippen LogP contribution in [0.15, 0.2) is 39.6 Å². The van der Waals surface area contributed by atoms with E-state index in [9.17, 15) is 14.4 Å². The number of pyridine rings is 2. The van der Waals surface area contributed by atoms with Crippen LogP contribution in [-0.2, 0) is 37.8 Å². The van der Waals surface area contributed by atoms with E-state index in [1.807, 2.05) is 38.1 Å². The number of benzene rings is 1. The molecule has 0 unspecified atom stereocenters. The molecule has 2 N–H and O–H groups in total. The minimum atomic E-state index is -1.70. The van der Waals surface area contributed by atoms with Crippen LogP contribution in [-0.4, -0.2) is 28.0 Å². The summed E-state index contributed by atoms with van der Waals surface area (Å²) in [4.78, 5) is 44.4. The van der Waals surface area contributed by atoms with E-state index in [0.717, 1.165) is 20.9 Å². The molecule has 0 saturated carbocycles. The van der Waals surface area contributed by atoms with Crippen molar-refractivity contribution < 1.29 is 19.1 Å². The van der Waals surface area contributed by atoms with E-state index >= 15 is 0 Å². The van der Waals surface area contributed by atoms with Crippen molar-refractivity contribution in [1.29, 1.82) is 0 Å². The fourth-order valence-electron chi connectivity index (χ4n) is 4.82. The third kappa shape index (κ3) is 4.03. The minimum Gasteiger partial charge on any atom is -0.457 e. The highest BCUT2D eigenvalue weighted by Gasteiger charge is 2.50. The topological polar surface area (TPSA) is 114 Å². The van der Waals surface area contributed by atoms with E-state index in [2.05, 4.69) is 15.9 Å². The number of esters is 2. The summed E-state index contributed by atoms with van der Waals surface area (Å²) < 4.78 is 13.8. The summed E-state index contributed by atoms with van der Waals surface area (Å²) in [5.74, 6) is -1.24. The Labute approximate surface area is 222 Å². The van der Waals surface area contributed by atoms with E-state index < -0.39 is 23.0 Å². The summed E-state index contributed by atoms with van der Waals surface area (Å²) in [5.41, 5.74) is 6.95.